The third-order valence-electron chi connectivity index (χ3n) is 3.37. The standard InChI is InChI=1S/C10H17N3O.C7H13N3O/c1-10(2,3)11-6-8-12-9(13-14-8)7-4-5-7;1-7(2,3)9-4-6-8-5-10-11-6/h7,11H,4-6H2,1-3H3;5,9H,4H2,1-3H3. The van der Waals surface area contributed by atoms with E-state index in [4.69, 9.17) is 9.05 Å². The summed E-state index contributed by atoms with van der Waals surface area (Å²) in [6.07, 6.45) is 3.83. The smallest absolute Gasteiger partial charge is 0.240 e. The maximum absolute atomic E-state index is 5.14. The fraction of sp³-hybridized carbons (Fsp3) is 0.765. The molecule has 0 aromatic carbocycles. The van der Waals surface area contributed by atoms with E-state index in [0.29, 0.717) is 30.8 Å². The van der Waals surface area contributed by atoms with E-state index < -0.39 is 0 Å². The van der Waals surface area contributed by atoms with Crippen LogP contribution < -0.4 is 10.6 Å². The summed E-state index contributed by atoms with van der Waals surface area (Å²) < 4.78 is 9.94. The summed E-state index contributed by atoms with van der Waals surface area (Å²) in [6.45, 7) is 13.9. The second-order valence-electron chi connectivity index (χ2n) is 8.36. The van der Waals surface area contributed by atoms with Crippen LogP contribution in [-0.2, 0) is 13.1 Å². The number of aromatic nitrogens is 4. The van der Waals surface area contributed by atoms with Gasteiger partial charge in [0, 0.05) is 17.0 Å². The molecule has 8 nitrogen and oxygen atoms in total. The lowest BCUT2D eigenvalue weighted by Gasteiger charge is -2.18. The Hall–Kier alpha value is -1.80. The SMILES string of the molecule is CC(C)(C)NCc1nc(C2CC2)no1.CC(C)(C)NCc1ncno1. The number of nitrogens with one attached hydrogen (secondary N) is 2. The Balaban J connectivity index is 0.000000186. The summed E-state index contributed by atoms with van der Waals surface area (Å²) in [4.78, 5) is 8.21. The van der Waals surface area contributed by atoms with Crippen LogP contribution in [0.4, 0.5) is 0 Å². The molecule has 25 heavy (non-hydrogen) atoms. The van der Waals surface area contributed by atoms with Crippen molar-refractivity contribution < 1.29 is 9.05 Å². The molecule has 1 fully saturated rings. The Morgan fingerprint density at radius 3 is 2.04 bits per heavy atom. The average Bonchev–Trinajstić information content (AvgIpc) is 3.02. The zero-order chi connectivity index (χ0) is 18.5. The second-order valence-corrected chi connectivity index (χ2v) is 8.36. The number of hydrogen-bond donors (Lipinski definition) is 2. The molecular formula is C17H30N6O2. The van der Waals surface area contributed by atoms with Gasteiger partial charge in [0.2, 0.25) is 11.8 Å². The van der Waals surface area contributed by atoms with E-state index in [1.165, 1.54) is 19.2 Å². The third kappa shape index (κ3) is 8.22. The molecule has 1 aliphatic carbocycles. The molecule has 2 aromatic heterocycles. The molecule has 3 rings (SSSR count). The Labute approximate surface area is 149 Å². The van der Waals surface area contributed by atoms with E-state index in [1.54, 1.807) is 0 Å². The van der Waals surface area contributed by atoms with Crippen molar-refractivity contribution in [1.82, 2.24) is 30.9 Å². The van der Waals surface area contributed by atoms with Crippen LogP contribution in [0.2, 0.25) is 0 Å². The molecule has 0 unspecified atom stereocenters. The molecule has 0 amide bonds. The monoisotopic (exact) mass is 350 g/mol. The minimum atomic E-state index is 0.0915. The number of nitrogens with zero attached hydrogens (tertiary/aromatic N) is 4. The van der Waals surface area contributed by atoms with E-state index in [0.717, 1.165) is 5.82 Å². The van der Waals surface area contributed by atoms with Gasteiger partial charge in [0.25, 0.3) is 0 Å². The molecule has 0 aliphatic heterocycles. The van der Waals surface area contributed by atoms with Crippen molar-refractivity contribution in [1.29, 1.82) is 0 Å². The predicted molar refractivity (Wildman–Crippen MR) is 93.8 cm³/mol. The van der Waals surface area contributed by atoms with Crippen molar-refractivity contribution in [2.75, 3.05) is 0 Å². The summed E-state index contributed by atoms with van der Waals surface area (Å²) in [5, 5.41) is 14.0. The highest BCUT2D eigenvalue weighted by atomic mass is 16.5. The van der Waals surface area contributed by atoms with Crippen LogP contribution in [0.1, 0.15) is 77.9 Å². The van der Waals surface area contributed by atoms with Gasteiger partial charge >= 0.3 is 0 Å². The Morgan fingerprint density at radius 1 is 0.960 bits per heavy atom. The first-order valence-corrected chi connectivity index (χ1v) is 8.70. The van der Waals surface area contributed by atoms with Gasteiger partial charge in [0.15, 0.2) is 12.2 Å². The molecule has 2 N–H and O–H groups in total. The largest absolute Gasteiger partial charge is 0.338 e. The van der Waals surface area contributed by atoms with Crippen LogP contribution in [0.3, 0.4) is 0 Å². The maximum atomic E-state index is 5.14. The van der Waals surface area contributed by atoms with Gasteiger partial charge < -0.3 is 19.7 Å². The molecule has 2 aromatic rings. The van der Waals surface area contributed by atoms with Gasteiger partial charge in [-0.25, -0.2) is 0 Å². The van der Waals surface area contributed by atoms with Gasteiger partial charge in [-0.3, -0.25) is 0 Å². The van der Waals surface area contributed by atoms with Crippen LogP contribution in [0.25, 0.3) is 0 Å². The molecule has 2 heterocycles. The van der Waals surface area contributed by atoms with Crippen molar-refractivity contribution in [3.63, 3.8) is 0 Å². The van der Waals surface area contributed by atoms with Crippen molar-refractivity contribution in [3.8, 4) is 0 Å². The van der Waals surface area contributed by atoms with E-state index in [9.17, 15) is 0 Å². The fourth-order valence-corrected chi connectivity index (χ4v) is 1.80. The fourth-order valence-electron chi connectivity index (χ4n) is 1.80. The van der Waals surface area contributed by atoms with Gasteiger partial charge in [-0.15, -0.1) is 0 Å². The Kier molecular flexibility index (Phi) is 6.29. The van der Waals surface area contributed by atoms with E-state index >= 15 is 0 Å². The summed E-state index contributed by atoms with van der Waals surface area (Å²) in [6, 6.07) is 0. The summed E-state index contributed by atoms with van der Waals surface area (Å²) in [5.41, 5.74) is 0.183. The highest BCUT2D eigenvalue weighted by Crippen LogP contribution is 2.38. The molecular weight excluding hydrogens is 320 g/mol. The van der Waals surface area contributed by atoms with Gasteiger partial charge in [0.05, 0.1) is 13.1 Å². The molecule has 0 spiro atoms. The van der Waals surface area contributed by atoms with Gasteiger partial charge in [-0.2, -0.15) is 9.97 Å². The zero-order valence-corrected chi connectivity index (χ0v) is 16.1. The molecule has 0 saturated heterocycles. The predicted octanol–water partition coefficient (Wildman–Crippen LogP) is 2.79. The first-order chi connectivity index (χ1) is 11.6. The van der Waals surface area contributed by atoms with Crippen molar-refractivity contribution >= 4 is 0 Å². The van der Waals surface area contributed by atoms with E-state index in [1.807, 2.05) is 0 Å². The maximum Gasteiger partial charge on any atom is 0.240 e. The van der Waals surface area contributed by atoms with Crippen LogP contribution in [0, 0.1) is 0 Å². The zero-order valence-electron chi connectivity index (χ0n) is 16.1. The van der Waals surface area contributed by atoms with E-state index in [2.05, 4.69) is 72.5 Å². The minimum Gasteiger partial charge on any atom is -0.338 e. The quantitative estimate of drug-likeness (QED) is 0.849. The van der Waals surface area contributed by atoms with Crippen LogP contribution in [-0.4, -0.2) is 31.4 Å². The molecule has 0 bridgehead atoms. The highest BCUT2D eigenvalue weighted by Gasteiger charge is 2.28. The lowest BCUT2D eigenvalue weighted by atomic mass is 10.1. The van der Waals surface area contributed by atoms with Crippen LogP contribution in [0.5, 0.6) is 0 Å². The first-order valence-electron chi connectivity index (χ1n) is 8.70. The van der Waals surface area contributed by atoms with Crippen LogP contribution in [0.15, 0.2) is 15.4 Å². The summed E-state index contributed by atoms with van der Waals surface area (Å²) >= 11 is 0. The topological polar surface area (TPSA) is 102 Å². The molecule has 0 atom stereocenters. The van der Waals surface area contributed by atoms with Gasteiger partial charge in [-0.05, 0) is 54.4 Å². The number of hydrogen-bond acceptors (Lipinski definition) is 8. The summed E-state index contributed by atoms with van der Waals surface area (Å²) in [7, 11) is 0. The molecule has 0 radical (unpaired) electrons. The third-order valence-corrected chi connectivity index (χ3v) is 3.37. The normalized spacial score (nSPS) is 15.0. The van der Waals surface area contributed by atoms with Crippen molar-refractivity contribution in [3.05, 3.63) is 23.9 Å². The second kappa shape index (κ2) is 8.05. The Morgan fingerprint density at radius 2 is 1.56 bits per heavy atom. The average molecular weight is 350 g/mol. The van der Waals surface area contributed by atoms with Crippen molar-refractivity contribution in [2.45, 2.75) is 84.5 Å². The van der Waals surface area contributed by atoms with Gasteiger partial charge in [-0.1, -0.05) is 10.3 Å². The number of rotatable bonds is 5. The van der Waals surface area contributed by atoms with E-state index in [-0.39, 0.29) is 11.1 Å². The molecule has 8 heteroatoms. The lowest BCUT2D eigenvalue weighted by Crippen LogP contribution is -2.35. The van der Waals surface area contributed by atoms with Gasteiger partial charge in [0.1, 0.15) is 0 Å². The molecule has 1 aliphatic rings. The highest BCUT2D eigenvalue weighted by molar-refractivity contribution is 5.03. The first kappa shape index (κ1) is 19.5. The Bertz CT molecular complexity index is 620. The summed E-state index contributed by atoms with van der Waals surface area (Å²) in [5.74, 6) is 2.78. The lowest BCUT2D eigenvalue weighted by molar-refractivity contribution is 0.334. The minimum absolute atomic E-state index is 0.0915. The van der Waals surface area contributed by atoms with Crippen LogP contribution >= 0.6 is 0 Å². The molecule has 1 saturated carbocycles. The van der Waals surface area contributed by atoms with Crippen molar-refractivity contribution in [2.24, 2.45) is 0 Å². The molecule has 140 valence electrons.